The van der Waals surface area contributed by atoms with Crippen LogP contribution in [0.15, 0.2) is 60.7 Å². The number of nitrogens with zero attached hydrogens (tertiary/aromatic N) is 1. The maximum absolute atomic E-state index is 13.7. The van der Waals surface area contributed by atoms with Crippen LogP contribution in [-0.2, 0) is 19.6 Å². The van der Waals surface area contributed by atoms with Gasteiger partial charge in [0.25, 0.3) is 5.91 Å². The lowest BCUT2D eigenvalue weighted by molar-refractivity contribution is 0.0950. The summed E-state index contributed by atoms with van der Waals surface area (Å²) in [6.45, 7) is 4.77. The highest BCUT2D eigenvalue weighted by Gasteiger charge is 2.18. The fourth-order valence-corrected chi connectivity index (χ4v) is 3.62. The normalized spacial score (nSPS) is 13.7. The number of phenolic OH excluding ortho intramolecular Hbond substituents is 1. The van der Waals surface area contributed by atoms with Crippen molar-refractivity contribution < 1.29 is 19.0 Å². The molecule has 0 radical (unpaired) electrons. The summed E-state index contributed by atoms with van der Waals surface area (Å²) in [6.07, 6.45) is 0. The van der Waals surface area contributed by atoms with Crippen molar-refractivity contribution in [1.29, 1.82) is 0 Å². The summed E-state index contributed by atoms with van der Waals surface area (Å²) in [6, 6.07) is 17.9. The molecule has 31 heavy (non-hydrogen) atoms. The molecule has 0 spiro atoms. The first kappa shape index (κ1) is 20.9. The van der Waals surface area contributed by atoms with Crippen LogP contribution in [0.5, 0.6) is 11.5 Å². The fourth-order valence-electron chi connectivity index (χ4n) is 3.62. The fraction of sp³-hybridized carbons (Fsp3) is 0.240. The minimum absolute atomic E-state index is 0.139. The molecule has 0 fully saturated rings. The van der Waals surface area contributed by atoms with Gasteiger partial charge in [-0.05, 0) is 48.4 Å². The van der Waals surface area contributed by atoms with Gasteiger partial charge in [0, 0.05) is 37.3 Å². The lowest BCUT2D eigenvalue weighted by Gasteiger charge is -2.19. The van der Waals surface area contributed by atoms with Gasteiger partial charge in [-0.25, -0.2) is 4.39 Å². The Morgan fingerprint density at radius 2 is 1.87 bits per heavy atom. The molecule has 3 aromatic rings. The van der Waals surface area contributed by atoms with Gasteiger partial charge in [-0.15, -0.1) is 0 Å². The number of fused-ring (bicyclic) bond motifs is 1. The van der Waals surface area contributed by atoms with Crippen LogP contribution in [0.2, 0.25) is 0 Å². The molecule has 0 saturated heterocycles. The lowest BCUT2D eigenvalue weighted by Crippen LogP contribution is -2.25. The van der Waals surface area contributed by atoms with E-state index in [0.29, 0.717) is 38.3 Å². The van der Waals surface area contributed by atoms with Crippen molar-refractivity contribution in [2.75, 3.05) is 13.2 Å². The monoisotopic (exact) mass is 420 g/mol. The van der Waals surface area contributed by atoms with Crippen molar-refractivity contribution in [3.63, 3.8) is 0 Å². The first-order chi connectivity index (χ1) is 15.0. The number of nitrogens with one attached hydrogen (secondary N) is 1. The molecule has 0 aromatic heterocycles. The molecule has 0 saturated carbocycles. The number of benzene rings is 3. The van der Waals surface area contributed by atoms with Crippen molar-refractivity contribution >= 4 is 5.91 Å². The molecule has 3 aromatic carbocycles. The highest BCUT2D eigenvalue weighted by molar-refractivity contribution is 5.94. The van der Waals surface area contributed by atoms with Gasteiger partial charge in [-0.2, -0.15) is 0 Å². The number of carbonyl (C=O) groups is 1. The molecule has 0 aliphatic carbocycles. The molecule has 0 bridgehead atoms. The quantitative estimate of drug-likeness (QED) is 0.651. The Morgan fingerprint density at radius 1 is 1.10 bits per heavy atom. The van der Waals surface area contributed by atoms with Crippen LogP contribution in [0.25, 0.3) is 0 Å². The predicted octanol–water partition coefficient (Wildman–Crippen LogP) is 4.16. The molecular formula is C25H25FN2O3. The smallest absolute Gasteiger partial charge is 0.251 e. The summed E-state index contributed by atoms with van der Waals surface area (Å²) in [5.74, 6) is -0.361. The standard InChI is InChI=1S/C25H25FN2O3/c1-17-2-4-18(5-3-17)14-27-25(30)20-7-9-24-21(13-20)16-28(10-11-31-24)15-19-6-8-23(29)22(26)12-19/h2-9,12-13,29H,10-11,14-16H2,1H3,(H,27,30). The Hall–Kier alpha value is -3.38. The molecule has 1 amide bonds. The van der Waals surface area contributed by atoms with E-state index in [0.717, 1.165) is 22.4 Å². The maximum atomic E-state index is 13.7. The molecule has 2 N–H and O–H groups in total. The first-order valence-electron chi connectivity index (χ1n) is 10.3. The molecule has 0 unspecified atom stereocenters. The second-order valence-electron chi connectivity index (χ2n) is 7.84. The Balaban J connectivity index is 1.44. The third kappa shape index (κ3) is 5.22. The van der Waals surface area contributed by atoms with Crippen LogP contribution >= 0.6 is 0 Å². The van der Waals surface area contributed by atoms with Crippen molar-refractivity contribution in [1.82, 2.24) is 10.2 Å². The summed E-state index contributed by atoms with van der Waals surface area (Å²) >= 11 is 0. The van der Waals surface area contributed by atoms with E-state index >= 15 is 0 Å². The number of amides is 1. The van der Waals surface area contributed by atoms with Crippen LogP contribution in [0, 0.1) is 12.7 Å². The second kappa shape index (κ2) is 9.18. The zero-order chi connectivity index (χ0) is 21.8. The number of aryl methyl sites for hydroxylation is 1. The molecule has 160 valence electrons. The van der Waals surface area contributed by atoms with Gasteiger partial charge in [-0.1, -0.05) is 35.9 Å². The Labute approximate surface area is 181 Å². The summed E-state index contributed by atoms with van der Waals surface area (Å²) in [5, 5.41) is 12.4. The van der Waals surface area contributed by atoms with E-state index in [2.05, 4.69) is 10.2 Å². The number of hydrogen-bond acceptors (Lipinski definition) is 4. The topological polar surface area (TPSA) is 61.8 Å². The summed E-state index contributed by atoms with van der Waals surface area (Å²) in [4.78, 5) is 14.8. The molecule has 5 nitrogen and oxygen atoms in total. The number of rotatable bonds is 5. The van der Waals surface area contributed by atoms with Gasteiger partial charge in [0.1, 0.15) is 12.4 Å². The van der Waals surface area contributed by atoms with Crippen LogP contribution in [0.1, 0.15) is 32.6 Å². The van der Waals surface area contributed by atoms with Crippen LogP contribution in [0.3, 0.4) is 0 Å². The Morgan fingerprint density at radius 3 is 2.65 bits per heavy atom. The zero-order valence-corrected chi connectivity index (χ0v) is 17.4. The third-order valence-corrected chi connectivity index (χ3v) is 5.37. The molecule has 1 aliphatic rings. The van der Waals surface area contributed by atoms with Gasteiger partial charge in [0.15, 0.2) is 11.6 Å². The minimum atomic E-state index is -0.628. The summed E-state index contributed by atoms with van der Waals surface area (Å²) in [5.41, 5.74) is 4.49. The molecule has 1 aliphatic heterocycles. The maximum Gasteiger partial charge on any atom is 0.251 e. The zero-order valence-electron chi connectivity index (χ0n) is 17.4. The van der Waals surface area contributed by atoms with Crippen molar-refractivity contribution in [3.05, 3.63) is 94.3 Å². The number of ether oxygens (including phenoxy) is 1. The number of halogens is 1. The van der Waals surface area contributed by atoms with E-state index in [9.17, 15) is 14.3 Å². The molecule has 0 atom stereocenters. The third-order valence-electron chi connectivity index (χ3n) is 5.37. The van der Waals surface area contributed by atoms with Crippen molar-refractivity contribution in [2.24, 2.45) is 0 Å². The van der Waals surface area contributed by atoms with E-state index in [4.69, 9.17) is 4.74 Å². The van der Waals surface area contributed by atoms with E-state index in [1.807, 2.05) is 43.3 Å². The molecular weight excluding hydrogens is 395 g/mol. The van der Waals surface area contributed by atoms with Gasteiger partial charge in [0.05, 0.1) is 0 Å². The SMILES string of the molecule is Cc1ccc(CNC(=O)c2ccc3c(c2)CN(Cc2ccc(O)c(F)c2)CCO3)cc1. The van der Waals surface area contributed by atoms with E-state index in [1.54, 1.807) is 12.1 Å². The highest BCUT2D eigenvalue weighted by atomic mass is 19.1. The number of carbonyl (C=O) groups excluding carboxylic acids is 1. The average Bonchev–Trinajstić information content (AvgIpc) is 2.96. The summed E-state index contributed by atoms with van der Waals surface area (Å²) < 4.78 is 19.5. The van der Waals surface area contributed by atoms with Crippen molar-refractivity contribution in [2.45, 2.75) is 26.6 Å². The number of hydrogen-bond donors (Lipinski definition) is 2. The van der Waals surface area contributed by atoms with Gasteiger partial charge in [0.2, 0.25) is 0 Å². The Kier molecular flexibility index (Phi) is 6.18. The number of aromatic hydroxyl groups is 1. The van der Waals surface area contributed by atoms with Crippen LogP contribution in [0.4, 0.5) is 4.39 Å². The van der Waals surface area contributed by atoms with Crippen LogP contribution in [-0.4, -0.2) is 29.1 Å². The largest absolute Gasteiger partial charge is 0.505 e. The van der Waals surface area contributed by atoms with Gasteiger partial charge in [-0.3, -0.25) is 9.69 Å². The minimum Gasteiger partial charge on any atom is -0.505 e. The predicted molar refractivity (Wildman–Crippen MR) is 116 cm³/mol. The second-order valence-corrected chi connectivity index (χ2v) is 7.84. The van der Waals surface area contributed by atoms with Gasteiger partial charge < -0.3 is 15.2 Å². The van der Waals surface area contributed by atoms with Crippen LogP contribution < -0.4 is 10.1 Å². The van der Waals surface area contributed by atoms with Gasteiger partial charge >= 0.3 is 0 Å². The van der Waals surface area contributed by atoms with E-state index in [1.165, 1.54) is 17.7 Å². The first-order valence-corrected chi connectivity index (χ1v) is 10.3. The number of phenols is 1. The molecule has 4 rings (SSSR count). The lowest BCUT2D eigenvalue weighted by atomic mass is 10.1. The van der Waals surface area contributed by atoms with E-state index in [-0.39, 0.29) is 11.7 Å². The Bertz CT molecular complexity index is 1080. The van der Waals surface area contributed by atoms with E-state index < -0.39 is 5.82 Å². The van der Waals surface area contributed by atoms with Crippen molar-refractivity contribution in [3.8, 4) is 11.5 Å². The summed E-state index contributed by atoms with van der Waals surface area (Å²) in [7, 11) is 0. The molecule has 1 heterocycles. The average molecular weight is 420 g/mol. The highest BCUT2D eigenvalue weighted by Crippen LogP contribution is 2.26. The molecule has 6 heteroatoms.